The molecule has 0 saturated carbocycles. The molecule has 3 N–H and O–H groups in total. The molecule has 4 nitrogen and oxygen atoms in total. The Morgan fingerprint density at radius 2 is 1.81 bits per heavy atom. The van der Waals surface area contributed by atoms with E-state index in [2.05, 4.69) is 12.2 Å². The zero-order valence-electron chi connectivity index (χ0n) is 11.9. The van der Waals surface area contributed by atoms with Crippen LogP contribution in [0.25, 0.3) is 0 Å². The Kier molecular flexibility index (Phi) is 4.82. The Balaban J connectivity index is 1.86. The second-order valence-corrected chi connectivity index (χ2v) is 5.12. The van der Waals surface area contributed by atoms with Gasteiger partial charge < -0.3 is 15.5 Å². The van der Waals surface area contributed by atoms with Gasteiger partial charge in [-0.1, -0.05) is 43.3 Å². The predicted molar refractivity (Wildman–Crippen MR) is 81.3 cm³/mol. The molecule has 2 aromatic rings. The highest BCUT2D eigenvalue weighted by Crippen LogP contribution is 2.25. The lowest BCUT2D eigenvalue weighted by molar-refractivity contribution is -0.120. The summed E-state index contributed by atoms with van der Waals surface area (Å²) in [6, 6.07) is 14.4. The topological polar surface area (TPSA) is 69.6 Å². The van der Waals surface area contributed by atoms with E-state index in [1.165, 1.54) is 17.7 Å². The lowest BCUT2D eigenvalue weighted by Gasteiger charge is -2.13. The molecule has 0 aliphatic rings. The van der Waals surface area contributed by atoms with Gasteiger partial charge in [-0.25, -0.2) is 0 Å². The molecule has 0 radical (unpaired) electrons. The van der Waals surface area contributed by atoms with Gasteiger partial charge in [0.2, 0.25) is 5.91 Å². The van der Waals surface area contributed by atoms with Gasteiger partial charge in [0.25, 0.3) is 0 Å². The molecule has 0 saturated heterocycles. The zero-order valence-corrected chi connectivity index (χ0v) is 11.9. The molecule has 110 valence electrons. The predicted octanol–water partition coefficient (Wildman–Crippen LogP) is 2.56. The van der Waals surface area contributed by atoms with Gasteiger partial charge in [0.1, 0.15) is 0 Å². The summed E-state index contributed by atoms with van der Waals surface area (Å²) in [7, 11) is 0. The van der Waals surface area contributed by atoms with Crippen molar-refractivity contribution < 1.29 is 15.0 Å². The van der Waals surface area contributed by atoms with Crippen molar-refractivity contribution in [1.82, 2.24) is 5.32 Å². The van der Waals surface area contributed by atoms with E-state index in [1.807, 2.05) is 30.3 Å². The van der Waals surface area contributed by atoms with Crippen LogP contribution in [0.1, 0.15) is 24.0 Å². The van der Waals surface area contributed by atoms with Crippen LogP contribution < -0.4 is 5.32 Å². The third kappa shape index (κ3) is 4.24. The van der Waals surface area contributed by atoms with Crippen molar-refractivity contribution in [3.63, 3.8) is 0 Å². The molecule has 2 aromatic carbocycles. The van der Waals surface area contributed by atoms with Gasteiger partial charge in [0.15, 0.2) is 11.5 Å². The third-order valence-corrected chi connectivity index (χ3v) is 3.38. The molecule has 1 amide bonds. The van der Waals surface area contributed by atoms with Crippen LogP contribution in [0.15, 0.2) is 48.5 Å². The van der Waals surface area contributed by atoms with Crippen LogP contribution in [-0.2, 0) is 11.2 Å². The largest absolute Gasteiger partial charge is 0.504 e. The van der Waals surface area contributed by atoms with Gasteiger partial charge in [-0.3, -0.25) is 4.79 Å². The molecule has 2 rings (SSSR count). The van der Waals surface area contributed by atoms with E-state index in [0.29, 0.717) is 12.1 Å². The van der Waals surface area contributed by atoms with Crippen molar-refractivity contribution >= 4 is 5.91 Å². The number of phenolic OH excluding ortho intramolecular Hbond substituents is 2. The second kappa shape index (κ2) is 6.79. The van der Waals surface area contributed by atoms with Gasteiger partial charge in [-0.15, -0.1) is 0 Å². The minimum absolute atomic E-state index is 0.108. The minimum Gasteiger partial charge on any atom is -0.504 e. The van der Waals surface area contributed by atoms with Gasteiger partial charge in [0, 0.05) is 6.54 Å². The summed E-state index contributed by atoms with van der Waals surface area (Å²) in [6.45, 7) is 2.62. The summed E-state index contributed by atoms with van der Waals surface area (Å²) in [6.07, 6.45) is 0.176. The number of aromatic hydroxyl groups is 2. The van der Waals surface area contributed by atoms with Gasteiger partial charge in [-0.05, 0) is 29.2 Å². The molecular formula is C17H19NO3. The van der Waals surface area contributed by atoms with E-state index >= 15 is 0 Å². The average Bonchev–Trinajstić information content (AvgIpc) is 2.49. The molecular weight excluding hydrogens is 266 g/mol. The molecule has 1 unspecified atom stereocenters. The van der Waals surface area contributed by atoms with Crippen molar-refractivity contribution in [3.8, 4) is 11.5 Å². The fourth-order valence-corrected chi connectivity index (χ4v) is 2.09. The number of benzene rings is 2. The maximum atomic E-state index is 11.9. The van der Waals surface area contributed by atoms with Crippen molar-refractivity contribution in [2.45, 2.75) is 19.3 Å². The molecule has 0 heterocycles. The Morgan fingerprint density at radius 1 is 1.10 bits per heavy atom. The molecule has 0 aromatic heterocycles. The molecule has 0 bridgehead atoms. The highest BCUT2D eigenvalue weighted by Gasteiger charge is 2.09. The van der Waals surface area contributed by atoms with Gasteiger partial charge >= 0.3 is 0 Å². The number of carbonyl (C=O) groups excluding carboxylic acids is 1. The number of hydrogen-bond acceptors (Lipinski definition) is 3. The minimum atomic E-state index is -0.210. The fourth-order valence-electron chi connectivity index (χ4n) is 2.09. The molecule has 1 atom stereocenters. The second-order valence-electron chi connectivity index (χ2n) is 5.12. The highest BCUT2D eigenvalue weighted by atomic mass is 16.3. The van der Waals surface area contributed by atoms with Crippen LogP contribution in [0.4, 0.5) is 0 Å². The summed E-state index contributed by atoms with van der Waals surface area (Å²) in [5, 5.41) is 21.5. The third-order valence-electron chi connectivity index (χ3n) is 3.38. The normalized spacial score (nSPS) is 11.9. The van der Waals surface area contributed by atoms with Gasteiger partial charge in [0.05, 0.1) is 6.42 Å². The Morgan fingerprint density at radius 3 is 2.48 bits per heavy atom. The number of amides is 1. The van der Waals surface area contributed by atoms with Crippen LogP contribution in [0.2, 0.25) is 0 Å². The summed E-state index contributed by atoms with van der Waals surface area (Å²) in [4.78, 5) is 11.9. The van der Waals surface area contributed by atoms with Crippen LogP contribution in [0.3, 0.4) is 0 Å². The summed E-state index contributed by atoms with van der Waals surface area (Å²) < 4.78 is 0. The van der Waals surface area contributed by atoms with E-state index in [4.69, 9.17) is 0 Å². The van der Waals surface area contributed by atoms with Gasteiger partial charge in [-0.2, -0.15) is 0 Å². The Labute approximate surface area is 124 Å². The number of carbonyl (C=O) groups is 1. The first-order chi connectivity index (χ1) is 10.1. The number of hydrogen-bond donors (Lipinski definition) is 3. The van der Waals surface area contributed by atoms with Crippen LogP contribution >= 0.6 is 0 Å². The summed E-state index contributed by atoms with van der Waals surface area (Å²) >= 11 is 0. The maximum absolute atomic E-state index is 11.9. The number of phenols is 2. The van der Waals surface area contributed by atoms with E-state index in [-0.39, 0.29) is 29.7 Å². The van der Waals surface area contributed by atoms with E-state index in [0.717, 1.165) is 0 Å². The zero-order chi connectivity index (χ0) is 15.2. The number of nitrogens with one attached hydrogen (secondary N) is 1. The lowest BCUT2D eigenvalue weighted by Crippen LogP contribution is -2.28. The van der Waals surface area contributed by atoms with Crippen LogP contribution in [-0.4, -0.2) is 22.7 Å². The smallest absolute Gasteiger partial charge is 0.224 e. The molecule has 0 aliphatic heterocycles. The maximum Gasteiger partial charge on any atom is 0.224 e. The molecule has 0 aliphatic carbocycles. The Hall–Kier alpha value is -2.49. The van der Waals surface area contributed by atoms with E-state index in [9.17, 15) is 15.0 Å². The van der Waals surface area contributed by atoms with E-state index < -0.39 is 0 Å². The first-order valence-corrected chi connectivity index (χ1v) is 6.88. The Bertz CT molecular complexity index is 611. The monoisotopic (exact) mass is 285 g/mol. The van der Waals surface area contributed by atoms with Crippen LogP contribution in [0.5, 0.6) is 11.5 Å². The average molecular weight is 285 g/mol. The lowest BCUT2D eigenvalue weighted by atomic mass is 10.0. The first kappa shape index (κ1) is 14.9. The first-order valence-electron chi connectivity index (χ1n) is 6.88. The molecule has 0 fully saturated rings. The number of rotatable bonds is 5. The SMILES string of the molecule is CC(CNC(=O)Cc1ccc(O)c(O)c1)c1ccccc1. The van der Waals surface area contributed by atoms with Crippen molar-refractivity contribution in [3.05, 3.63) is 59.7 Å². The standard InChI is InChI=1S/C17H19NO3/c1-12(14-5-3-2-4-6-14)11-18-17(21)10-13-7-8-15(19)16(20)9-13/h2-9,12,19-20H,10-11H2,1H3,(H,18,21). The van der Waals surface area contributed by atoms with Crippen LogP contribution in [0, 0.1) is 0 Å². The van der Waals surface area contributed by atoms with Crippen molar-refractivity contribution in [2.75, 3.05) is 6.54 Å². The molecule has 21 heavy (non-hydrogen) atoms. The quantitative estimate of drug-likeness (QED) is 0.739. The highest BCUT2D eigenvalue weighted by molar-refractivity contribution is 5.78. The summed E-state index contributed by atoms with van der Waals surface area (Å²) in [5.74, 6) is -0.263. The van der Waals surface area contributed by atoms with E-state index in [1.54, 1.807) is 6.07 Å². The van der Waals surface area contributed by atoms with Crippen molar-refractivity contribution in [2.24, 2.45) is 0 Å². The van der Waals surface area contributed by atoms with Crippen molar-refractivity contribution in [1.29, 1.82) is 0 Å². The molecule has 0 spiro atoms. The summed E-state index contributed by atoms with van der Waals surface area (Å²) in [5.41, 5.74) is 1.84. The molecule has 4 heteroatoms. The fraction of sp³-hybridized carbons (Fsp3) is 0.235.